The van der Waals surface area contributed by atoms with Crippen LogP contribution in [0.3, 0.4) is 0 Å². The van der Waals surface area contributed by atoms with Gasteiger partial charge in [0.15, 0.2) is 0 Å². The van der Waals surface area contributed by atoms with Crippen LogP contribution in [-0.4, -0.2) is 56.0 Å². The van der Waals surface area contributed by atoms with Crippen LogP contribution in [0, 0.1) is 0 Å². The second-order valence-electron chi connectivity index (χ2n) is 4.51. The Morgan fingerprint density at radius 2 is 2.00 bits per heavy atom. The van der Waals surface area contributed by atoms with Crippen molar-refractivity contribution in [1.29, 1.82) is 0 Å². The maximum atomic E-state index is 11.0. The lowest BCUT2D eigenvalue weighted by molar-refractivity contribution is -0.873. The Labute approximate surface area is 85.4 Å². The first-order valence-corrected chi connectivity index (χ1v) is 4.53. The van der Waals surface area contributed by atoms with E-state index in [9.17, 15) is 9.90 Å². The van der Waals surface area contributed by atoms with E-state index >= 15 is 0 Å². The summed E-state index contributed by atoms with van der Waals surface area (Å²) < 4.78 is 5.44. The van der Waals surface area contributed by atoms with E-state index in [0.29, 0.717) is 16.6 Å². The molecule has 0 radical (unpaired) electrons. The third-order valence-corrected chi connectivity index (χ3v) is 1.51. The minimum absolute atomic E-state index is 0.0290. The van der Waals surface area contributed by atoms with Crippen LogP contribution in [0.2, 0.25) is 0 Å². The summed E-state index contributed by atoms with van der Waals surface area (Å²) in [5.74, 6) is -0.453. The van der Waals surface area contributed by atoms with Gasteiger partial charge in [0, 0.05) is 5.57 Å². The Bertz CT molecular complexity index is 218. The van der Waals surface area contributed by atoms with Crippen LogP contribution in [0.15, 0.2) is 12.2 Å². The van der Waals surface area contributed by atoms with Gasteiger partial charge in [0.25, 0.3) is 0 Å². The highest BCUT2D eigenvalue weighted by molar-refractivity contribution is 5.86. The molecule has 0 heterocycles. The molecule has 4 nitrogen and oxygen atoms in total. The van der Waals surface area contributed by atoms with Gasteiger partial charge in [0.1, 0.15) is 19.3 Å². The Hall–Kier alpha value is -0.870. The SMILES string of the molecule is C=C(C)C(=O)OC[C@H](O)C[N+](C)(C)C. The molecule has 1 N–H and O–H groups in total. The van der Waals surface area contributed by atoms with Crippen LogP contribution in [-0.2, 0) is 9.53 Å². The summed E-state index contributed by atoms with van der Waals surface area (Å²) in [5, 5.41) is 9.49. The second-order valence-corrected chi connectivity index (χ2v) is 4.51. The Kier molecular flexibility index (Phi) is 4.80. The van der Waals surface area contributed by atoms with Crippen molar-refractivity contribution in [2.45, 2.75) is 13.0 Å². The van der Waals surface area contributed by atoms with Crippen LogP contribution >= 0.6 is 0 Å². The fourth-order valence-electron chi connectivity index (χ4n) is 0.980. The van der Waals surface area contributed by atoms with Crippen molar-refractivity contribution in [2.75, 3.05) is 34.3 Å². The molecule has 0 aromatic heterocycles. The van der Waals surface area contributed by atoms with Crippen molar-refractivity contribution in [1.82, 2.24) is 0 Å². The van der Waals surface area contributed by atoms with Gasteiger partial charge in [0.2, 0.25) is 0 Å². The zero-order valence-corrected chi connectivity index (χ0v) is 9.41. The summed E-state index contributed by atoms with van der Waals surface area (Å²) in [4.78, 5) is 11.0. The number of esters is 1. The molecule has 0 saturated heterocycles. The summed E-state index contributed by atoms with van der Waals surface area (Å²) in [6, 6.07) is 0. The molecule has 0 rings (SSSR count). The number of aliphatic hydroxyl groups is 1. The Balaban J connectivity index is 3.80. The number of likely N-dealkylation sites (N-methyl/N-ethyl adjacent to an activating group) is 1. The van der Waals surface area contributed by atoms with E-state index in [1.54, 1.807) is 6.92 Å². The summed E-state index contributed by atoms with van der Waals surface area (Å²) >= 11 is 0. The highest BCUT2D eigenvalue weighted by Gasteiger charge is 2.17. The third-order valence-electron chi connectivity index (χ3n) is 1.51. The van der Waals surface area contributed by atoms with Gasteiger partial charge < -0.3 is 14.3 Å². The van der Waals surface area contributed by atoms with Gasteiger partial charge in [-0.1, -0.05) is 6.58 Å². The van der Waals surface area contributed by atoms with Crippen LogP contribution in [0.5, 0.6) is 0 Å². The molecule has 0 aromatic carbocycles. The predicted molar refractivity (Wildman–Crippen MR) is 54.7 cm³/mol. The Morgan fingerprint density at radius 1 is 1.50 bits per heavy atom. The normalized spacial score (nSPS) is 13.5. The summed E-state index contributed by atoms with van der Waals surface area (Å²) in [6.45, 7) is 5.60. The van der Waals surface area contributed by atoms with E-state index in [-0.39, 0.29) is 6.61 Å². The third kappa shape index (κ3) is 6.62. The van der Waals surface area contributed by atoms with Gasteiger partial charge in [-0.15, -0.1) is 0 Å². The zero-order chi connectivity index (χ0) is 11.4. The van der Waals surface area contributed by atoms with Gasteiger partial charge in [-0.25, -0.2) is 4.79 Å². The topological polar surface area (TPSA) is 46.5 Å². The second kappa shape index (κ2) is 5.12. The van der Waals surface area contributed by atoms with Crippen LogP contribution in [0.4, 0.5) is 0 Å². The molecule has 0 amide bonds. The quantitative estimate of drug-likeness (QED) is 0.393. The molecule has 0 saturated carbocycles. The minimum atomic E-state index is -0.627. The molecule has 0 fully saturated rings. The average Bonchev–Trinajstić information content (AvgIpc) is 1.96. The smallest absolute Gasteiger partial charge is 0.333 e. The van der Waals surface area contributed by atoms with Crippen LogP contribution in [0.25, 0.3) is 0 Å². The fourth-order valence-corrected chi connectivity index (χ4v) is 0.980. The number of nitrogens with zero attached hydrogens (tertiary/aromatic N) is 1. The van der Waals surface area contributed by atoms with Crippen molar-refractivity contribution < 1.29 is 19.1 Å². The van der Waals surface area contributed by atoms with Crippen molar-refractivity contribution in [3.8, 4) is 0 Å². The molecule has 0 bridgehead atoms. The van der Waals surface area contributed by atoms with Crippen molar-refractivity contribution in [2.24, 2.45) is 0 Å². The van der Waals surface area contributed by atoms with Gasteiger partial charge in [-0.3, -0.25) is 0 Å². The molecule has 0 aromatic rings. The number of rotatable bonds is 5. The predicted octanol–water partition coefficient (Wildman–Crippen LogP) is 0.173. The number of carbonyl (C=O) groups excluding carboxylic acids is 1. The summed E-state index contributed by atoms with van der Waals surface area (Å²) in [5.41, 5.74) is 0.349. The van der Waals surface area contributed by atoms with E-state index in [1.807, 2.05) is 21.1 Å². The number of carbonyl (C=O) groups is 1. The maximum Gasteiger partial charge on any atom is 0.333 e. The molecule has 14 heavy (non-hydrogen) atoms. The number of aliphatic hydroxyl groups excluding tert-OH is 1. The molecule has 4 heteroatoms. The van der Waals surface area contributed by atoms with Crippen LogP contribution in [0.1, 0.15) is 6.92 Å². The van der Waals surface area contributed by atoms with E-state index in [4.69, 9.17) is 4.74 Å². The van der Waals surface area contributed by atoms with Crippen LogP contribution < -0.4 is 0 Å². The van der Waals surface area contributed by atoms with E-state index < -0.39 is 12.1 Å². The molecule has 0 aliphatic carbocycles. The highest BCUT2D eigenvalue weighted by Crippen LogP contribution is 1.98. The Morgan fingerprint density at radius 3 is 2.36 bits per heavy atom. The summed E-state index contributed by atoms with van der Waals surface area (Å²) in [6.07, 6.45) is -0.627. The number of ether oxygens (including phenoxy) is 1. The fraction of sp³-hybridized carbons (Fsp3) is 0.700. The monoisotopic (exact) mass is 202 g/mol. The first-order chi connectivity index (χ1) is 6.22. The average molecular weight is 202 g/mol. The lowest BCUT2D eigenvalue weighted by atomic mass is 10.3. The minimum Gasteiger partial charge on any atom is -0.459 e. The highest BCUT2D eigenvalue weighted by atomic mass is 16.5. The molecule has 82 valence electrons. The standard InChI is InChI=1S/C10H20NO3/c1-8(2)10(13)14-7-9(12)6-11(3,4)5/h9,12H,1,6-7H2,2-5H3/q+1/t9-/m1/s1. The lowest BCUT2D eigenvalue weighted by Crippen LogP contribution is -2.43. The first-order valence-electron chi connectivity index (χ1n) is 4.53. The zero-order valence-electron chi connectivity index (χ0n) is 9.41. The van der Waals surface area contributed by atoms with E-state index in [2.05, 4.69) is 6.58 Å². The lowest BCUT2D eigenvalue weighted by Gasteiger charge is -2.26. The van der Waals surface area contributed by atoms with E-state index in [1.165, 1.54) is 0 Å². The van der Waals surface area contributed by atoms with Crippen molar-refractivity contribution in [3.05, 3.63) is 12.2 Å². The maximum absolute atomic E-state index is 11.0. The van der Waals surface area contributed by atoms with E-state index in [0.717, 1.165) is 0 Å². The molecular weight excluding hydrogens is 182 g/mol. The first kappa shape index (κ1) is 13.1. The number of hydrogen-bond acceptors (Lipinski definition) is 3. The molecule has 1 atom stereocenters. The van der Waals surface area contributed by atoms with Crippen molar-refractivity contribution >= 4 is 5.97 Å². The number of quaternary nitrogens is 1. The van der Waals surface area contributed by atoms with Gasteiger partial charge in [-0.05, 0) is 6.92 Å². The molecule has 0 spiro atoms. The molecule has 0 unspecified atom stereocenters. The van der Waals surface area contributed by atoms with Gasteiger partial charge >= 0.3 is 5.97 Å². The van der Waals surface area contributed by atoms with Gasteiger partial charge in [-0.2, -0.15) is 0 Å². The van der Waals surface area contributed by atoms with Crippen molar-refractivity contribution in [3.63, 3.8) is 0 Å². The van der Waals surface area contributed by atoms with Gasteiger partial charge in [0.05, 0.1) is 21.1 Å². The molecule has 0 aliphatic rings. The largest absolute Gasteiger partial charge is 0.459 e. The number of hydrogen-bond donors (Lipinski definition) is 1. The molecule has 0 aliphatic heterocycles. The molecular formula is C10H20NO3+. The summed E-state index contributed by atoms with van der Waals surface area (Å²) in [7, 11) is 5.89.